The highest BCUT2D eigenvalue weighted by atomic mass is 16.5. The van der Waals surface area contributed by atoms with Gasteiger partial charge in [-0.25, -0.2) is 0 Å². The number of morpholine rings is 1. The van der Waals surface area contributed by atoms with Crippen LogP contribution in [0.2, 0.25) is 0 Å². The standard InChI is InChI=1S/C24H30N2O3/c1-19-10-11-20(22(16-19)28-2)17-25-14-15-29-24(18-25)12-6-7-13-26(23(24)27)21-8-4-3-5-9-21/h3-5,8-11,16H,6-7,12-15,17-18H2,1-2H3. The van der Waals surface area contributed by atoms with Crippen molar-refractivity contribution in [2.75, 3.05) is 38.3 Å². The fourth-order valence-electron chi connectivity index (χ4n) is 4.48. The topological polar surface area (TPSA) is 42.0 Å². The molecule has 154 valence electrons. The van der Waals surface area contributed by atoms with Crippen molar-refractivity contribution in [3.05, 3.63) is 59.7 Å². The Morgan fingerprint density at radius 1 is 1.10 bits per heavy atom. The average Bonchev–Trinajstić information content (AvgIpc) is 2.89. The molecule has 4 rings (SSSR count). The molecule has 0 bridgehead atoms. The molecule has 0 aliphatic carbocycles. The summed E-state index contributed by atoms with van der Waals surface area (Å²) in [5.74, 6) is 1.01. The molecule has 2 fully saturated rings. The van der Waals surface area contributed by atoms with Gasteiger partial charge in [-0.1, -0.05) is 30.3 Å². The number of rotatable bonds is 4. The molecule has 2 aliphatic rings. The maximum atomic E-state index is 13.6. The molecule has 5 heteroatoms. The number of anilines is 1. The molecule has 0 N–H and O–H groups in total. The molecule has 0 radical (unpaired) electrons. The number of aryl methyl sites for hydroxylation is 1. The van der Waals surface area contributed by atoms with Gasteiger partial charge in [0.2, 0.25) is 0 Å². The number of benzene rings is 2. The largest absolute Gasteiger partial charge is 0.496 e. The van der Waals surface area contributed by atoms with E-state index < -0.39 is 5.60 Å². The van der Waals surface area contributed by atoms with Gasteiger partial charge in [-0.3, -0.25) is 9.69 Å². The smallest absolute Gasteiger partial charge is 0.260 e. The van der Waals surface area contributed by atoms with E-state index in [1.807, 2.05) is 35.2 Å². The summed E-state index contributed by atoms with van der Waals surface area (Å²) in [6.07, 6.45) is 2.77. The molecule has 1 spiro atoms. The monoisotopic (exact) mass is 394 g/mol. The average molecular weight is 395 g/mol. The van der Waals surface area contributed by atoms with Crippen molar-refractivity contribution in [3.8, 4) is 5.75 Å². The fourth-order valence-corrected chi connectivity index (χ4v) is 4.48. The third-order valence-corrected chi connectivity index (χ3v) is 6.02. The van der Waals surface area contributed by atoms with Crippen molar-refractivity contribution in [1.29, 1.82) is 0 Å². The molecule has 2 aliphatic heterocycles. The number of para-hydroxylation sites is 1. The predicted molar refractivity (Wildman–Crippen MR) is 114 cm³/mol. The van der Waals surface area contributed by atoms with Gasteiger partial charge in [0.25, 0.3) is 5.91 Å². The number of hydrogen-bond donors (Lipinski definition) is 0. The van der Waals surface area contributed by atoms with Crippen molar-refractivity contribution in [1.82, 2.24) is 4.90 Å². The lowest BCUT2D eigenvalue weighted by molar-refractivity contribution is -0.158. The van der Waals surface area contributed by atoms with Crippen LogP contribution in [0.3, 0.4) is 0 Å². The molecule has 5 nitrogen and oxygen atoms in total. The van der Waals surface area contributed by atoms with Crippen molar-refractivity contribution in [2.24, 2.45) is 0 Å². The zero-order valence-corrected chi connectivity index (χ0v) is 17.4. The minimum atomic E-state index is -0.761. The maximum Gasteiger partial charge on any atom is 0.260 e. The Labute approximate surface area is 173 Å². The number of carbonyl (C=O) groups is 1. The van der Waals surface area contributed by atoms with Crippen LogP contribution in [-0.4, -0.2) is 49.8 Å². The quantitative estimate of drug-likeness (QED) is 0.791. The van der Waals surface area contributed by atoms with Gasteiger partial charge in [0.05, 0.1) is 13.7 Å². The van der Waals surface area contributed by atoms with Crippen LogP contribution in [0.4, 0.5) is 5.69 Å². The summed E-state index contributed by atoms with van der Waals surface area (Å²) in [6.45, 7) is 5.58. The third-order valence-electron chi connectivity index (χ3n) is 6.02. The maximum absolute atomic E-state index is 13.6. The second kappa shape index (κ2) is 8.56. The van der Waals surface area contributed by atoms with Crippen LogP contribution in [-0.2, 0) is 16.1 Å². The van der Waals surface area contributed by atoms with E-state index in [4.69, 9.17) is 9.47 Å². The number of carbonyl (C=O) groups excluding carboxylic acids is 1. The lowest BCUT2D eigenvalue weighted by Gasteiger charge is -2.42. The Hall–Kier alpha value is -2.37. The minimum absolute atomic E-state index is 0.0989. The summed E-state index contributed by atoms with van der Waals surface area (Å²) in [6, 6.07) is 16.3. The van der Waals surface area contributed by atoms with Gasteiger partial charge in [-0.15, -0.1) is 0 Å². The highest BCUT2D eigenvalue weighted by Gasteiger charge is 2.47. The summed E-state index contributed by atoms with van der Waals surface area (Å²) >= 11 is 0. The number of nitrogens with zero attached hydrogens (tertiary/aromatic N) is 2. The van der Waals surface area contributed by atoms with E-state index in [0.29, 0.717) is 13.2 Å². The van der Waals surface area contributed by atoms with Gasteiger partial charge in [0.1, 0.15) is 5.75 Å². The van der Waals surface area contributed by atoms with Crippen molar-refractivity contribution < 1.29 is 14.3 Å². The first-order chi connectivity index (χ1) is 14.1. The normalized spacial score (nSPS) is 23.2. The van der Waals surface area contributed by atoms with E-state index >= 15 is 0 Å². The number of amides is 1. The van der Waals surface area contributed by atoms with E-state index in [1.54, 1.807) is 7.11 Å². The van der Waals surface area contributed by atoms with E-state index in [9.17, 15) is 4.79 Å². The Kier molecular flexibility index (Phi) is 5.88. The Bertz CT molecular complexity index is 854. The number of hydrogen-bond acceptors (Lipinski definition) is 4. The molecule has 2 saturated heterocycles. The van der Waals surface area contributed by atoms with E-state index in [0.717, 1.165) is 55.9 Å². The zero-order valence-electron chi connectivity index (χ0n) is 17.4. The zero-order chi connectivity index (χ0) is 20.3. The number of methoxy groups -OCH3 is 1. The van der Waals surface area contributed by atoms with Crippen LogP contribution in [0.25, 0.3) is 0 Å². The summed E-state index contributed by atoms with van der Waals surface area (Å²) in [5.41, 5.74) is 2.53. The lowest BCUT2D eigenvalue weighted by atomic mass is 9.93. The summed E-state index contributed by atoms with van der Waals surface area (Å²) < 4.78 is 11.8. The second-order valence-corrected chi connectivity index (χ2v) is 8.12. The Morgan fingerprint density at radius 3 is 2.72 bits per heavy atom. The molecule has 1 atom stereocenters. The predicted octanol–water partition coefficient (Wildman–Crippen LogP) is 3.79. The van der Waals surface area contributed by atoms with Crippen LogP contribution in [0.15, 0.2) is 48.5 Å². The molecule has 0 saturated carbocycles. The molecule has 2 aromatic rings. The Balaban J connectivity index is 1.56. The van der Waals surface area contributed by atoms with Crippen molar-refractivity contribution >= 4 is 11.6 Å². The molecule has 1 unspecified atom stereocenters. The second-order valence-electron chi connectivity index (χ2n) is 8.12. The summed E-state index contributed by atoms with van der Waals surface area (Å²) in [5, 5.41) is 0. The SMILES string of the molecule is COc1cc(C)ccc1CN1CCOC2(CCCCN(c3ccccc3)C2=O)C1. The molecule has 2 aromatic carbocycles. The van der Waals surface area contributed by atoms with Crippen LogP contribution >= 0.6 is 0 Å². The first-order valence-electron chi connectivity index (χ1n) is 10.5. The van der Waals surface area contributed by atoms with Gasteiger partial charge in [-0.05, 0) is 49.9 Å². The summed E-state index contributed by atoms with van der Waals surface area (Å²) in [7, 11) is 1.71. The molecular weight excluding hydrogens is 364 g/mol. The van der Waals surface area contributed by atoms with Crippen LogP contribution in [0.1, 0.15) is 30.4 Å². The lowest BCUT2D eigenvalue weighted by Crippen LogP contribution is -2.59. The van der Waals surface area contributed by atoms with Crippen LogP contribution in [0.5, 0.6) is 5.75 Å². The third kappa shape index (κ3) is 4.16. The van der Waals surface area contributed by atoms with Gasteiger partial charge >= 0.3 is 0 Å². The van der Waals surface area contributed by atoms with Crippen molar-refractivity contribution in [3.63, 3.8) is 0 Å². The summed E-state index contributed by atoms with van der Waals surface area (Å²) in [4.78, 5) is 17.9. The van der Waals surface area contributed by atoms with Gasteiger partial charge in [-0.2, -0.15) is 0 Å². The molecule has 1 amide bonds. The van der Waals surface area contributed by atoms with Crippen LogP contribution < -0.4 is 9.64 Å². The highest BCUT2D eigenvalue weighted by Crippen LogP contribution is 2.33. The van der Waals surface area contributed by atoms with E-state index in [2.05, 4.69) is 30.0 Å². The van der Waals surface area contributed by atoms with Gasteiger partial charge < -0.3 is 14.4 Å². The van der Waals surface area contributed by atoms with E-state index in [-0.39, 0.29) is 5.91 Å². The van der Waals surface area contributed by atoms with Crippen LogP contribution in [0, 0.1) is 6.92 Å². The molecule has 2 heterocycles. The van der Waals surface area contributed by atoms with Crippen molar-refractivity contribution in [2.45, 2.75) is 38.3 Å². The highest BCUT2D eigenvalue weighted by molar-refractivity contribution is 6.00. The van der Waals surface area contributed by atoms with E-state index in [1.165, 1.54) is 5.56 Å². The minimum Gasteiger partial charge on any atom is -0.496 e. The van der Waals surface area contributed by atoms with Gasteiger partial charge in [0.15, 0.2) is 5.60 Å². The Morgan fingerprint density at radius 2 is 1.93 bits per heavy atom. The van der Waals surface area contributed by atoms with Gasteiger partial charge in [0, 0.05) is 37.4 Å². The first-order valence-corrected chi connectivity index (χ1v) is 10.5. The molecule has 0 aromatic heterocycles. The number of ether oxygens (including phenoxy) is 2. The fraction of sp³-hybridized carbons (Fsp3) is 0.458. The first kappa shape index (κ1) is 19.9. The molecular formula is C24H30N2O3. The molecule has 29 heavy (non-hydrogen) atoms.